The molecule has 0 unspecified atom stereocenters. The van der Waals surface area contributed by atoms with Crippen LogP contribution < -0.4 is 0 Å². The van der Waals surface area contributed by atoms with E-state index in [0.717, 1.165) is 16.4 Å². The van der Waals surface area contributed by atoms with Crippen molar-refractivity contribution in [3.8, 4) is 12.3 Å². The molecule has 1 aromatic carbocycles. The van der Waals surface area contributed by atoms with E-state index < -0.39 is 26.7 Å². The number of carbonyl (C=O) groups is 1. The molecule has 0 saturated heterocycles. The fourth-order valence-corrected chi connectivity index (χ4v) is 3.11. The second kappa shape index (κ2) is 6.50. The fraction of sp³-hybridized carbons (Fsp3) is 0.308. The predicted molar refractivity (Wildman–Crippen MR) is 71.2 cm³/mol. The Balaban J connectivity index is 3.27. The van der Waals surface area contributed by atoms with Crippen molar-refractivity contribution in [2.75, 3.05) is 13.1 Å². The lowest BCUT2D eigenvalue weighted by atomic mass is 10.2. The summed E-state index contributed by atoms with van der Waals surface area (Å²) >= 11 is 0. The molecular weight excluding hydrogens is 285 g/mol. The number of hydrogen-bond donors (Lipinski definition) is 1. The largest absolute Gasteiger partial charge is 0.478 e. The monoisotopic (exact) mass is 299 g/mol. The normalized spacial score (nSPS) is 11.3. The number of terminal acetylenes is 1. The Morgan fingerprint density at radius 1 is 1.50 bits per heavy atom. The molecule has 0 bridgehead atoms. The third-order valence-electron chi connectivity index (χ3n) is 2.54. The average molecular weight is 299 g/mol. The van der Waals surface area contributed by atoms with Crippen LogP contribution in [0.5, 0.6) is 0 Å². The van der Waals surface area contributed by atoms with Gasteiger partial charge in [-0.25, -0.2) is 17.6 Å². The molecule has 1 aromatic rings. The molecule has 108 valence electrons. The molecule has 20 heavy (non-hydrogen) atoms. The van der Waals surface area contributed by atoms with Gasteiger partial charge in [-0.1, -0.05) is 12.8 Å². The highest BCUT2D eigenvalue weighted by Gasteiger charge is 2.26. The van der Waals surface area contributed by atoms with Gasteiger partial charge >= 0.3 is 5.97 Å². The van der Waals surface area contributed by atoms with Gasteiger partial charge in [0.25, 0.3) is 0 Å². The van der Waals surface area contributed by atoms with Crippen LogP contribution in [0.25, 0.3) is 0 Å². The first-order valence-electron chi connectivity index (χ1n) is 5.81. The number of halogens is 1. The summed E-state index contributed by atoms with van der Waals surface area (Å²) in [6.07, 6.45) is 5.63. The van der Waals surface area contributed by atoms with Gasteiger partial charge in [0.1, 0.15) is 10.7 Å². The van der Waals surface area contributed by atoms with Crippen LogP contribution in [0.2, 0.25) is 0 Å². The van der Waals surface area contributed by atoms with Crippen molar-refractivity contribution >= 4 is 16.0 Å². The Kier molecular flexibility index (Phi) is 5.25. The number of carboxylic acids is 1. The van der Waals surface area contributed by atoms with Crippen LogP contribution in [0.15, 0.2) is 23.1 Å². The standard InChI is InChI=1S/C13H14FNO4S/c1-3-7-15(8-4-2)20(18,19)12-6-5-10(13(16)17)9-11(12)14/h1,5-6,9H,4,7-8H2,2H3,(H,16,17). The van der Waals surface area contributed by atoms with Crippen molar-refractivity contribution < 1.29 is 22.7 Å². The highest BCUT2D eigenvalue weighted by Crippen LogP contribution is 2.20. The molecule has 0 atom stereocenters. The number of hydrogen-bond acceptors (Lipinski definition) is 3. The molecule has 0 aliphatic heterocycles. The van der Waals surface area contributed by atoms with Gasteiger partial charge in [-0.15, -0.1) is 6.42 Å². The number of nitrogens with zero attached hydrogens (tertiary/aromatic N) is 1. The lowest BCUT2D eigenvalue weighted by molar-refractivity contribution is 0.0696. The highest BCUT2D eigenvalue weighted by molar-refractivity contribution is 7.89. The van der Waals surface area contributed by atoms with E-state index in [-0.39, 0.29) is 18.7 Å². The van der Waals surface area contributed by atoms with Gasteiger partial charge in [0.2, 0.25) is 10.0 Å². The minimum absolute atomic E-state index is 0.159. The summed E-state index contributed by atoms with van der Waals surface area (Å²) < 4.78 is 39.3. The first kappa shape index (κ1) is 16.1. The van der Waals surface area contributed by atoms with E-state index in [4.69, 9.17) is 11.5 Å². The van der Waals surface area contributed by atoms with Gasteiger partial charge in [-0.2, -0.15) is 4.31 Å². The van der Waals surface area contributed by atoms with Crippen LogP contribution in [-0.4, -0.2) is 36.9 Å². The van der Waals surface area contributed by atoms with Crippen LogP contribution >= 0.6 is 0 Å². The maximum Gasteiger partial charge on any atom is 0.335 e. The zero-order valence-electron chi connectivity index (χ0n) is 10.8. The first-order chi connectivity index (χ1) is 9.34. The second-order valence-corrected chi connectivity index (χ2v) is 5.90. The van der Waals surface area contributed by atoms with Gasteiger partial charge in [-0.3, -0.25) is 0 Å². The zero-order valence-corrected chi connectivity index (χ0v) is 11.7. The number of carboxylic acid groups (broad SMARTS) is 1. The SMILES string of the molecule is C#CCN(CCC)S(=O)(=O)c1ccc(C(=O)O)cc1F. The van der Waals surface area contributed by atoms with Crippen molar-refractivity contribution in [1.82, 2.24) is 4.31 Å². The Labute approximate surface area is 117 Å². The topological polar surface area (TPSA) is 74.7 Å². The van der Waals surface area contributed by atoms with Gasteiger partial charge in [0, 0.05) is 6.54 Å². The molecule has 0 amide bonds. The van der Waals surface area contributed by atoms with E-state index in [1.165, 1.54) is 0 Å². The van der Waals surface area contributed by atoms with Gasteiger partial charge in [-0.05, 0) is 24.6 Å². The number of sulfonamides is 1. The van der Waals surface area contributed by atoms with Crippen molar-refractivity contribution in [3.63, 3.8) is 0 Å². The van der Waals surface area contributed by atoms with Crippen LogP contribution in [0.4, 0.5) is 4.39 Å². The molecule has 0 aliphatic rings. The molecule has 0 aliphatic carbocycles. The maximum atomic E-state index is 13.8. The molecule has 0 spiro atoms. The third-order valence-corrected chi connectivity index (χ3v) is 4.42. The Bertz CT molecular complexity index is 649. The Morgan fingerprint density at radius 2 is 2.15 bits per heavy atom. The Hall–Kier alpha value is -1.91. The molecule has 0 aromatic heterocycles. The highest BCUT2D eigenvalue weighted by atomic mass is 32.2. The van der Waals surface area contributed by atoms with E-state index in [2.05, 4.69) is 5.92 Å². The summed E-state index contributed by atoms with van der Waals surface area (Å²) in [7, 11) is -4.08. The molecular formula is C13H14FNO4S. The molecule has 7 heteroatoms. The van der Waals surface area contributed by atoms with E-state index in [9.17, 15) is 17.6 Å². The summed E-state index contributed by atoms with van der Waals surface area (Å²) in [6.45, 7) is 1.76. The molecule has 0 heterocycles. The average Bonchev–Trinajstić information content (AvgIpc) is 2.37. The lowest BCUT2D eigenvalue weighted by Crippen LogP contribution is -2.32. The third kappa shape index (κ3) is 3.35. The van der Waals surface area contributed by atoms with Crippen molar-refractivity contribution in [2.45, 2.75) is 18.2 Å². The summed E-state index contributed by atoms with van der Waals surface area (Å²) in [5.74, 6) is -0.232. The summed E-state index contributed by atoms with van der Waals surface area (Å²) in [4.78, 5) is 10.1. The van der Waals surface area contributed by atoms with Gasteiger partial charge in [0.05, 0.1) is 12.1 Å². The summed E-state index contributed by atoms with van der Waals surface area (Å²) in [5.41, 5.74) is -0.319. The van der Waals surface area contributed by atoms with Crippen molar-refractivity contribution in [3.05, 3.63) is 29.6 Å². The first-order valence-corrected chi connectivity index (χ1v) is 7.25. The van der Waals surface area contributed by atoms with Crippen molar-refractivity contribution in [2.24, 2.45) is 0 Å². The number of aromatic carboxylic acids is 1. The zero-order chi connectivity index (χ0) is 15.3. The van der Waals surface area contributed by atoms with E-state index >= 15 is 0 Å². The van der Waals surface area contributed by atoms with Crippen LogP contribution in [0.1, 0.15) is 23.7 Å². The molecule has 1 N–H and O–H groups in total. The van der Waals surface area contributed by atoms with Gasteiger partial charge in [0.15, 0.2) is 0 Å². The fourth-order valence-electron chi connectivity index (χ4n) is 1.62. The van der Waals surface area contributed by atoms with E-state index in [0.29, 0.717) is 12.5 Å². The predicted octanol–water partition coefficient (Wildman–Crippen LogP) is 1.56. The smallest absolute Gasteiger partial charge is 0.335 e. The Morgan fingerprint density at radius 3 is 2.60 bits per heavy atom. The molecule has 5 nitrogen and oxygen atoms in total. The van der Waals surface area contributed by atoms with Crippen LogP contribution in [-0.2, 0) is 10.0 Å². The molecule has 1 rings (SSSR count). The molecule has 0 fully saturated rings. The van der Waals surface area contributed by atoms with Gasteiger partial charge < -0.3 is 5.11 Å². The maximum absolute atomic E-state index is 13.8. The van der Waals surface area contributed by atoms with Crippen molar-refractivity contribution in [1.29, 1.82) is 0 Å². The quantitative estimate of drug-likeness (QED) is 0.809. The lowest BCUT2D eigenvalue weighted by Gasteiger charge is -2.19. The number of rotatable bonds is 6. The number of benzene rings is 1. The van der Waals surface area contributed by atoms with E-state index in [1.807, 2.05) is 0 Å². The molecule has 0 saturated carbocycles. The summed E-state index contributed by atoms with van der Waals surface area (Å²) in [5, 5.41) is 8.73. The minimum Gasteiger partial charge on any atom is -0.478 e. The second-order valence-electron chi connectivity index (χ2n) is 3.99. The summed E-state index contributed by atoms with van der Waals surface area (Å²) in [6, 6.07) is 2.65. The molecule has 0 radical (unpaired) electrons. The van der Waals surface area contributed by atoms with E-state index in [1.54, 1.807) is 6.92 Å². The van der Waals surface area contributed by atoms with Crippen LogP contribution in [0, 0.1) is 18.2 Å². The minimum atomic E-state index is -4.08. The van der Waals surface area contributed by atoms with Crippen LogP contribution in [0.3, 0.4) is 0 Å².